The molecule has 17 heavy (non-hydrogen) atoms. The molecule has 90 valence electrons. The van der Waals surface area contributed by atoms with E-state index in [9.17, 15) is 4.79 Å². The summed E-state index contributed by atoms with van der Waals surface area (Å²) in [5.74, 6) is 0.167. The highest BCUT2D eigenvalue weighted by molar-refractivity contribution is 5.88. The highest BCUT2D eigenvalue weighted by Crippen LogP contribution is 2.35. The van der Waals surface area contributed by atoms with Gasteiger partial charge in [0.2, 0.25) is 0 Å². The molecule has 0 N–H and O–H groups in total. The molecule has 0 saturated heterocycles. The van der Waals surface area contributed by atoms with Crippen molar-refractivity contribution in [3.8, 4) is 6.07 Å². The molecule has 0 bridgehead atoms. The van der Waals surface area contributed by atoms with E-state index < -0.39 is 5.41 Å². The lowest BCUT2D eigenvalue weighted by atomic mass is 9.71. The first-order valence-electron chi connectivity index (χ1n) is 6.11. The molecule has 0 unspecified atom stereocenters. The van der Waals surface area contributed by atoms with Gasteiger partial charge in [0.05, 0.1) is 11.5 Å². The van der Waals surface area contributed by atoms with Crippen LogP contribution in [0.25, 0.3) is 0 Å². The minimum absolute atomic E-state index is 0.167. The first-order chi connectivity index (χ1) is 8.17. The molecule has 0 amide bonds. The van der Waals surface area contributed by atoms with Gasteiger partial charge in [-0.25, -0.2) is 0 Å². The van der Waals surface area contributed by atoms with E-state index >= 15 is 0 Å². The van der Waals surface area contributed by atoms with E-state index in [4.69, 9.17) is 5.26 Å². The molecule has 2 heteroatoms. The van der Waals surface area contributed by atoms with Crippen molar-refractivity contribution < 1.29 is 4.79 Å². The summed E-state index contributed by atoms with van der Waals surface area (Å²) < 4.78 is 0. The Morgan fingerprint density at radius 2 is 1.94 bits per heavy atom. The lowest BCUT2D eigenvalue weighted by molar-refractivity contribution is -0.123. The minimum Gasteiger partial charge on any atom is -0.299 e. The summed E-state index contributed by atoms with van der Waals surface area (Å²) in [7, 11) is 0. The molecule has 1 rings (SSSR count). The van der Waals surface area contributed by atoms with Crippen molar-refractivity contribution in [3.63, 3.8) is 0 Å². The number of rotatable bonds is 6. The van der Waals surface area contributed by atoms with Crippen LogP contribution < -0.4 is 0 Å². The fourth-order valence-electron chi connectivity index (χ4n) is 2.42. The molecule has 2 nitrogen and oxygen atoms in total. The molecule has 0 fully saturated rings. The number of nitrogens with zero attached hydrogens (tertiary/aromatic N) is 1. The smallest absolute Gasteiger partial charge is 0.140 e. The van der Waals surface area contributed by atoms with Gasteiger partial charge in [-0.2, -0.15) is 5.26 Å². The standard InChI is InChI=1S/C15H19NO/c1-3-10-15(13(2)17,11-7-12-16)14-8-5-4-6-9-14/h4-6,8-9H,3,7,10-11H2,1-2H3/t15-/m1/s1. The molecule has 0 spiro atoms. The number of benzene rings is 1. The number of ketones is 1. The third kappa shape index (κ3) is 2.94. The summed E-state index contributed by atoms with van der Waals surface area (Å²) in [6, 6.07) is 12.0. The van der Waals surface area contributed by atoms with Gasteiger partial charge in [-0.05, 0) is 25.3 Å². The highest BCUT2D eigenvalue weighted by atomic mass is 16.1. The van der Waals surface area contributed by atoms with Gasteiger partial charge in [0.25, 0.3) is 0 Å². The molecule has 0 aliphatic heterocycles. The van der Waals surface area contributed by atoms with Crippen LogP contribution in [-0.4, -0.2) is 5.78 Å². The first-order valence-corrected chi connectivity index (χ1v) is 6.11. The van der Waals surface area contributed by atoms with E-state index in [1.807, 2.05) is 30.3 Å². The Hall–Kier alpha value is -1.62. The largest absolute Gasteiger partial charge is 0.299 e. The number of Topliss-reactive ketones (excluding diaryl/α,β-unsaturated/α-hetero) is 1. The molecule has 1 aromatic carbocycles. The number of carbonyl (C=O) groups is 1. The van der Waals surface area contributed by atoms with Crippen LogP contribution in [0.15, 0.2) is 30.3 Å². The van der Waals surface area contributed by atoms with Gasteiger partial charge in [-0.1, -0.05) is 43.7 Å². The van der Waals surface area contributed by atoms with E-state index in [0.717, 1.165) is 18.4 Å². The van der Waals surface area contributed by atoms with Crippen LogP contribution in [0.3, 0.4) is 0 Å². The van der Waals surface area contributed by atoms with E-state index in [2.05, 4.69) is 13.0 Å². The van der Waals surface area contributed by atoms with Gasteiger partial charge in [0.15, 0.2) is 0 Å². The average Bonchev–Trinajstić information content (AvgIpc) is 2.35. The number of carbonyl (C=O) groups excluding carboxylic acids is 1. The van der Waals surface area contributed by atoms with Crippen LogP contribution in [0, 0.1) is 11.3 Å². The molecule has 0 saturated carbocycles. The molecule has 0 aliphatic rings. The second-order valence-corrected chi connectivity index (χ2v) is 4.41. The summed E-state index contributed by atoms with van der Waals surface area (Å²) in [6.07, 6.45) is 2.80. The second kappa shape index (κ2) is 6.20. The SMILES string of the molecule is CCC[C@@](CCC#N)(C(C)=O)c1ccccc1. The Labute approximate surface area is 103 Å². The second-order valence-electron chi connectivity index (χ2n) is 4.41. The Morgan fingerprint density at radius 1 is 1.29 bits per heavy atom. The molecule has 0 aromatic heterocycles. The van der Waals surface area contributed by atoms with Crippen LogP contribution in [0.4, 0.5) is 0 Å². The van der Waals surface area contributed by atoms with Crippen LogP contribution in [0.1, 0.15) is 45.1 Å². The lowest BCUT2D eigenvalue weighted by Crippen LogP contribution is -2.34. The average molecular weight is 229 g/mol. The van der Waals surface area contributed by atoms with Gasteiger partial charge >= 0.3 is 0 Å². The van der Waals surface area contributed by atoms with Gasteiger partial charge < -0.3 is 0 Å². The van der Waals surface area contributed by atoms with E-state index in [0.29, 0.717) is 12.8 Å². The zero-order chi connectivity index (χ0) is 12.7. The van der Waals surface area contributed by atoms with Crippen molar-refractivity contribution in [1.82, 2.24) is 0 Å². The first kappa shape index (κ1) is 13.4. The van der Waals surface area contributed by atoms with E-state index in [1.165, 1.54) is 0 Å². The van der Waals surface area contributed by atoms with Crippen LogP contribution >= 0.6 is 0 Å². The van der Waals surface area contributed by atoms with Gasteiger partial charge in [-0.15, -0.1) is 0 Å². The molecule has 0 heterocycles. The fraction of sp³-hybridized carbons (Fsp3) is 0.467. The monoisotopic (exact) mass is 229 g/mol. The fourth-order valence-corrected chi connectivity index (χ4v) is 2.42. The normalized spacial score (nSPS) is 13.7. The number of hydrogen-bond acceptors (Lipinski definition) is 2. The maximum Gasteiger partial charge on any atom is 0.140 e. The van der Waals surface area contributed by atoms with Crippen LogP contribution in [-0.2, 0) is 10.2 Å². The highest BCUT2D eigenvalue weighted by Gasteiger charge is 2.35. The van der Waals surface area contributed by atoms with Crippen LogP contribution in [0.5, 0.6) is 0 Å². The molecular weight excluding hydrogens is 210 g/mol. The molecule has 1 atom stereocenters. The van der Waals surface area contributed by atoms with Crippen molar-refractivity contribution in [2.24, 2.45) is 0 Å². The van der Waals surface area contributed by atoms with Gasteiger partial charge in [0, 0.05) is 6.42 Å². The Bertz CT molecular complexity index is 405. The molecular formula is C15H19NO. The van der Waals surface area contributed by atoms with Crippen molar-refractivity contribution in [3.05, 3.63) is 35.9 Å². The summed E-state index contributed by atoms with van der Waals surface area (Å²) >= 11 is 0. The Kier molecular flexibility index (Phi) is 4.90. The summed E-state index contributed by atoms with van der Waals surface area (Å²) in [5.41, 5.74) is 0.579. The molecule has 0 radical (unpaired) electrons. The van der Waals surface area contributed by atoms with E-state index in [-0.39, 0.29) is 5.78 Å². The summed E-state index contributed by atoms with van der Waals surface area (Å²) in [6.45, 7) is 3.72. The van der Waals surface area contributed by atoms with Crippen molar-refractivity contribution in [2.75, 3.05) is 0 Å². The Balaban J connectivity index is 3.15. The van der Waals surface area contributed by atoms with E-state index in [1.54, 1.807) is 6.92 Å². The maximum atomic E-state index is 12.1. The summed E-state index contributed by atoms with van der Waals surface area (Å²) in [4.78, 5) is 12.1. The molecule has 1 aromatic rings. The zero-order valence-electron chi connectivity index (χ0n) is 10.6. The number of nitriles is 1. The van der Waals surface area contributed by atoms with Gasteiger partial charge in [-0.3, -0.25) is 4.79 Å². The van der Waals surface area contributed by atoms with Gasteiger partial charge in [0.1, 0.15) is 5.78 Å². The number of hydrogen-bond donors (Lipinski definition) is 0. The van der Waals surface area contributed by atoms with Crippen molar-refractivity contribution in [1.29, 1.82) is 5.26 Å². The lowest BCUT2D eigenvalue weighted by Gasteiger charge is -2.31. The topological polar surface area (TPSA) is 40.9 Å². The summed E-state index contributed by atoms with van der Waals surface area (Å²) in [5, 5.41) is 8.77. The Morgan fingerprint density at radius 3 is 2.41 bits per heavy atom. The maximum absolute atomic E-state index is 12.1. The molecule has 0 aliphatic carbocycles. The predicted octanol–water partition coefficient (Wildman–Crippen LogP) is 3.62. The zero-order valence-corrected chi connectivity index (χ0v) is 10.6. The third-order valence-electron chi connectivity index (χ3n) is 3.34. The van der Waals surface area contributed by atoms with Crippen molar-refractivity contribution in [2.45, 2.75) is 44.9 Å². The third-order valence-corrected chi connectivity index (χ3v) is 3.34. The predicted molar refractivity (Wildman–Crippen MR) is 68.6 cm³/mol. The van der Waals surface area contributed by atoms with Crippen molar-refractivity contribution >= 4 is 5.78 Å². The quantitative estimate of drug-likeness (QED) is 0.747. The van der Waals surface area contributed by atoms with Crippen LogP contribution in [0.2, 0.25) is 0 Å². The minimum atomic E-state index is -0.467.